The van der Waals surface area contributed by atoms with Crippen molar-refractivity contribution in [1.82, 2.24) is 5.32 Å². The minimum Gasteiger partial charge on any atom is -0.351 e. The van der Waals surface area contributed by atoms with Crippen molar-refractivity contribution in [3.63, 3.8) is 0 Å². The molecule has 2 aliphatic carbocycles. The Kier molecular flexibility index (Phi) is 6.23. The first kappa shape index (κ1) is 22.4. The van der Waals surface area contributed by atoms with Crippen LogP contribution in [0.3, 0.4) is 0 Å². The van der Waals surface area contributed by atoms with Crippen LogP contribution in [0.4, 0.5) is 0 Å². The Balaban J connectivity index is 1.53. The molecule has 0 aliphatic heterocycles. The van der Waals surface area contributed by atoms with Gasteiger partial charge in [0.05, 0.1) is 0 Å². The average Bonchev–Trinajstić information content (AvgIpc) is 2.77. The van der Waals surface area contributed by atoms with Gasteiger partial charge in [0.1, 0.15) is 0 Å². The maximum atomic E-state index is 12.8. The summed E-state index contributed by atoms with van der Waals surface area (Å²) in [5.74, 6) is 1.65. The number of amides is 1. The number of carbonyl (C=O) groups is 1. The van der Waals surface area contributed by atoms with E-state index < -0.39 is 0 Å². The van der Waals surface area contributed by atoms with Crippen LogP contribution >= 0.6 is 11.6 Å². The lowest BCUT2D eigenvalue weighted by molar-refractivity contribution is 0.0254. The molecule has 1 fully saturated rings. The molecule has 0 bridgehead atoms. The van der Waals surface area contributed by atoms with Crippen molar-refractivity contribution in [3.05, 3.63) is 70.3 Å². The Hall–Kier alpha value is -1.80. The van der Waals surface area contributed by atoms with E-state index in [1.54, 1.807) is 11.1 Å². The third kappa shape index (κ3) is 4.16. The molecule has 2 nitrogen and oxygen atoms in total. The minimum atomic E-state index is 0.0207. The Labute approximate surface area is 192 Å². The number of nitrogens with one attached hydrogen (secondary N) is 1. The van der Waals surface area contributed by atoms with Crippen LogP contribution in [0, 0.1) is 11.3 Å². The number of rotatable bonds is 5. The third-order valence-corrected chi connectivity index (χ3v) is 8.50. The van der Waals surface area contributed by atoms with Gasteiger partial charge >= 0.3 is 0 Å². The molecule has 0 unspecified atom stereocenters. The van der Waals surface area contributed by atoms with E-state index in [1.165, 1.54) is 31.2 Å². The molecular formula is C28H36ClNO. The van der Waals surface area contributed by atoms with Gasteiger partial charge in [-0.15, -0.1) is 11.6 Å². The molecule has 2 aliphatic rings. The summed E-state index contributed by atoms with van der Waals surface area (Å²) in [6.07, 6.45) is 6.00. The van der Waals surface area contributed by atoms with Crippen molar-refractivity contribution < 1.29 is 4.79 Å². The quantitative estimate of drug-likeness (QED) is 0.501. The highest BCUT2D eigenvalue weighted by molar-refractivity contribution is 6.17. The average molecular weight is 438 g/mol. The summed E-state index contributed by atoms with van der Waals surface area (Å²) in [5, 5.41) is 3.27. The lowest BCUT2D eigenvalue weighted by Crippen LogP contribution is -2.53. The van der Waals surface area contributed by atoms with Crippen molar-refractivity contribution in [2.75, 3.05) is 6.54 Å². The van der Waals surface area contributed by atoms with Crippen molar-refractivity contribution in [1.29, 1.82) is 0 Å². The predicted octanol–water partition coefficient (Wildman–Crippen LogP) is 6.99. The normalized spacial score (nSPS) is 27.5. The Morgan fingerprint density at radius 1 is 1.13 bits per heavy atom. The summed E-state index contributed by atoms with van der Waals surface area (Å²) in [7, 11) is 0. The highest BCUT2D eigenvalue weighted by Crippen LogP contribution is 2.57. The Bertz CT molecular complexity index is 950. The largest absolute Gasteiger partial charge is 0.351 e. The standard InChI is InChI=1S/C28H36ClNO/c1-19(2)22-10-12-24-23(16-22)11-13-25-27(3,14-5-15-28(24,25)4)18-30-26(31)21-8-6-20(17-29)7-9-21/h6-10,12,16,19,25H,5,11,13-15,17-18H2,1-4H3,(H,30,31)/t25-,27+,28+/m0/s1. The molecule has 1 amide bonds. The lowest BCUT2D eigenvalue weighted by atomic mass is 9.49. The summed E-state index contributed by atoms with van der Waals surface area (Å²) in [4.78, 5) is 12.8. The summed E-state index contributed by atoms with van der Waals surface area (Å²) in [5.41, 5.74) is 6.63. The van der Waals surface area contributed by atoms with Crippen LogP contribution in [0.2, 0.25) is 0 Å². The molecule has 0 saturated heterocycles. The van der Waals surface area contributed by atoms with Gasteiger partial charge in [0.15, 0.2) is 0 Å². The maximum Gasteiger partial charge on any atom is 0.251 e. The van der Waals surface area contributed by atoms with Crippen LogP contribution in [0.1, 0.15) is 91.9 Å². The molecule has 166 valence electrons. The minimum absolute atomic E-state index is 0.0207. The highest BCUT2D eigenvalue weighted by Gasteiger charge is 2.51. The van der Waals surface area contributed by atoms with Crippen LogP contribution in [-0.2, 0) is 17.7 Å². The van der Waals surface area contributed by atoms with Crippen LogP contribution in [0.15, 0.2) is 42.5 Å². The van der Waals surface area contributed by atoms with Gasteiger partial charge in [-0.25, -0.2) is 0 Å². The van der Waals surface area contributed by atoms with E-state index in [2.05, 4.69) is 51.2 Å². The molecule has 3 atom stereocenters. The predicted molar refractivity (Wildman–Crippen MR) is 130 cm³/mol. The molecule has 2 aromatic carbocycles. The molecule has 4 rings (SSSR count). The summed E-state index contributed by atoms with van der Waals surface area (Å²) >= 11 is 5.88. The van der Waals surface area contributed by atoms with Gasteiger partial charge < -0.3 is 5.32 Å². The summed E-state index contributed by atoms with van der Waals surface area (Å²) in [6.45, 7) is 10.2. The van der Waals surface area contributed by atoms with Crippen molar-refractivity contribution >= 4 is 17.5 Å². The second-order valence-corrected chi connectivity index (χ2v) is 10.9. The molecule has 0 heterocycles. The summed E-state index contributed by atoms with van der Waals surface area (Å²) in [6, 6.07) is 14.8. The molecule has 31 heavy (non-hydrogen) atoms. The number of alkyl halides is 1. The van der Waals surface area contributed by atoms with Crippen LogP contribution in [0.25, 0.3) is 0 Å². The SMILES string of the molecule is CC(C)c1ccc2c(c1)CC[C@H]1[C@@](C)(CNC(=O)c3ccc(CCl)cc3)CCC[C@]21C. The van der Waals surface area contributed by atoms with Gasteiger partial charge in [0.25, 0.3) is 5.91 Å². The zero-order valence-corrected chi connectivity index (χ0v) is 20.2. The molecular weight excluding hydrogens is 402 g/mol. The number of halogens is 1. The van der Waals surface area contributed by atoms with E-state index in [0.717, 1.165) is 18.5 Å². The van der Waals surface area contributed by atoms with Gasteiger partial charge in [0.2, 0.25) is 0 Å². The fourth-order valence-electron chi connectivity index (χ4n) is 6.34. The van der Waals surface area contributed by atoms with Crippen molar-refractivity contribution in [2.45, 2.75) is 77.0 Å². The first-order valence-corrected chi connectivity index (χ1v) is 12.4. The number of hydrogen-bond acceptors (Lipinski definition) is 1. The highest BCUT2D eigenvalue weighted by atomic mass is 35.5. The second-order valence-electron chi connectivity index (χ2n) is 10.6. The zero-order valence-electron chi connectivity index (χ0n) is 19.4. The van der Waals surface area contributed by atoms with E-state index in [-0.39, 0.29) is 16.7 Å². The molecule has 0 radical (unpaired) electrons. The van der Waals surface area contributed by atoms with Crippen LogP contribution in [-0.4, -0.2) is 12.5 Å². The van der Waals surface area contributed by atoms with Gasteiger partial charge in [-0.1, -0.05) is 64.4 Å². The lowest BCUT2D eigenvalue weighted by Gasteiger charge is -2.55. The van der Waals surface area contributed by atoms with Crippen LogP contribution < -0.4 is 5.32 Å². The number of hydrogen-bond donors (Lipinski definition) is 1. The van der Waals surface area contributed by atoms with Gasteiger partial charge in [-0.05, 0) is 82.7 Å². The second kappa shape index (κ2) is 8.62. The first-order valence-electron chi connectivity index (χ1n) is 11.8. The molecule has 2 aromatic rings. The molecule has 1 N–H and O–H groups in total. The number of carbonyl (C=O) groups excluding carboxylic acids is 1. The van der Waals surface area contributed by atoms with Crippen molar-refractivity contribution in [3.8, 4) is 0 Å². The monoisotopic (exact) mass is 437 g/mol. The van der Waals surface area contributed by atoms with E-state index >= 15 is 0 Å². The fraction of sp³-hybridized carbons (Fsp3) is 0.536. The van der Waals surface area contributed by atoms with Crippen molar-refractivity contribution in [2.24, 2.45) is 11.3 Å². The fourth-order valence-corrected chi connectivity index (χ4v) is 6.52. The maximum absolute atomic E-state index is 12.8. The summed E-state index contributed by atoms with van der Waals surface area (Å²) < 4.78 is 0. The van der Waals surface area contributed by atoms with E-state index in [9.17, 15) is 4.79 Å². The number of aryl methyl sites for hydroxylation is 1. The molecule has 0 spiro atoms. The van der Waals surface area contributed by atoms with Gasteiger partial charge in [-0.3, -0.25) is 4.79 Å². The Morgan fingerprint density at radius 2 is 1.87 bits per heavy atom. The van der Waals surface area contributed by atoms with Gasteiger partial charge in [-0.2, -0.15) is 0 Å². The van der Waals surface area contributed by atoms with Crippen LogP contribution in [0.5, 0.6) is 0 Å². The molecule has 0 aromatic heterocycles. The van der Waals surface area contributed by atoms with Gasteiger partial charge in [0, 0.05) is 18.0 Å². The zero-order chi connectivity index (χ0) is 22.2. The number of benzene rings is 2. The number of fused-ring (bicyclic) bond motifs is 3. The van der Waals surface area contributed by atoms with E-state index in [1.807, 2.05) is 24.3 Å². The van der Waals surface area contributed by atoms with E-state index in [4.69, 9.17) is 11.6 Å². The molecule has 1 saturated carbocycles. The molecule has 3 heteroatoms. The topological polar surface area (TPSA) is 29.1 Å². The third-order valence-electron chi connectivity index (χ3n) is 8.19. The smallest absolute Gasteiger partial charge is 0.251 e. The van der Waals surface area contributed by atoms with E-state index in [0.29, 0.717) is 23.3 Å². The first-order chi connectivity index (χ1) is 14.8. The Morgan fingerprint density at radius 3 is 2.55 bits per heavy atom.